The average molecular weight is 567 g/mol. The van der Waals surface area contributed by atoms with E-state index in [2.05, 4.69) is 72.9 Å². The quantitative estimate of drug-likeness (QED) is 0.367. The van der Waals surface area contributed by atoms with Crippen molar-refractivity contribution in [1.82, 2.24) is 34.9 Å². The van der Waals surface area contributed by atoms with Gasteiger partial charge in [0.1, 0.15) is 5.82 Å². The number of fused-ring (bicyclic) bond motifs is 1. The first-order valence-corrected chi connectivity index (χ1v) is 14.2. The highest BCUT2D eigenvalue weighted by atomic mass is 19.4. The Hall–Kier alpha value is -3.54. The number of benzene rings is 2. The van der Waals surface area contributed by atoms with Crippen molar-refractivity contribution in [1.29, 1.82) is 0 Å². The summed E-state index contributed by atoms with van der Waals surface area (Å²) in [6.45, 7) is 10.00. The lowest BCUT2D eigenvalue weighted by molar-refractivity contribution is -0.146. The van der Waals surface area contributed by atoms with Gasteiger partial charge in [-0.15, -0.1) is 15.3 Å². The zero-order valence-corrected chi connectivity index (χ0v) is 23.2. The summed E-state index contributed by atoms with van der Waals surface area (Å²) in [4.78, 5) is 6.89. The maximum absolute atomic E-state index is 13.0. The molecule has 2 aromatic carbocycles. The summed E-state index contributed by atoms with van der Waals surface area (Å²) in [5, 5.41) is 14.3. The molecule has 0 atom stereocenters. The van der Waals surface area contributed by atoms with Crippen molar-refractivity contribution in [3.63, 3.8) is 0 Å². The zero-order valence-electron chi connectivity index (χ0n) is 23.2. The second-order valence-electron chi connectivity index (χ2n) is 10.4. The van der Waals surface area contributed by atoms with Crippen LogP contribution < -0.4 is 10.2 Å². The molecule has 2 aliphatic heterocycles. The number of nitrogens with zero attached hydrogens (tertiary/aromatic N) is 7. The van der Waals surface area contributed by atoms with E-state index in [-0.39, 0.29) is 5.65 Å². The number of alkyl halides is 3. The van der Waals surface area contributed by atoms with Gasteiger partial charge in [0, 0.05) is 65.4 Å². The van der Waals surface area contributed by atoms with Crippen LogP contribution in [0.15, 0.2) is 72.8 Å². The predicted molar refractivity (Wildman–Crippen MR) is 154 cm³/mol. The Morgan fingerprint density at radius 1 is 0.659 bits per heavy atom. The number of hydrogen-bond acceptors (Lipinski definition) is 7. The van der Waals surface area contributed by atoms with Crippen LogP contribution >= 0.6 is 0 Å². The van der Waals surface area contributed by atoms with Crippen LogP contribution in [0.5, 0.6) is 0 Å². The minimum atomic E-state index is -4.58. The molecule has 6 rings (SSSR count). The third kappa shape index (κ3) is 8.25. The Bertz CT molecular complexity index is 1330. The molecule has 218 valence electrons. The lowest BCUT2D eigenvalue weighted by Gasteiger charge is -2.35. The van der Waals surface area contributed by atoms with Crippen LogP contribution in [0.4, 0.5) is 19.0 Å². The summed E-state index contributed by atoms with van der Waals surface area (Å²) < 4.78 is 39.8. The minimum absolute atomic E-state index is 0.0903. The van der Waals surface area contributed by atoms with Crippen molar-refractivity contribution < 1.29 is 13.2 Å². The monoisotopic (exact) mass is 566 g/mol. The van der Waals surface area contributed by atoms with Gasteiger partial charge in [-0.25, -0.2) is 0 Å². The second kappa shape index (κ2) is 13.9. The predicted octanol–water partition coefficient (Wildman–Crippen LogP) is 3.64. The van der Waals surface area contributed by atoms with Gasteiger partial charge in [0.15, 0.2) is 5.65 Å². The van der Waals surface area contributed by atoms with E-state index in [0.29, 0.717) is 5.82 Å². The SMILES string of the molecule is FC(F)(F)c1nnc2ccc(N3CCN(CCc4ccccc4)CC3)nn12.c1ccc(CCN2CCNCC2)cc1. The van der Waals surface area contributed by atoms with E-state index in [0.717, 1.165) is 56.7 Å². The van der Waals surface area contributed by atoms with Gasteiger partial charge in [0.25, 0.3) is 5.82 Å². The number of halogens is 3. The number of rotatable bonds is 7. The number of nitrogens with one attached hydrogen (secondary N) is 1. The van der Waals surface area contributed by atoms with Crippen molar-refractivity contribution >= 4 is 11.5 Å². The average Bonchev–Trinajstić information content (AvgIpc) is 3.46. The van der Waals surface area contributed by atoms with E-state index in [4.69, 9.17) is 0 Å². The summed E-state index contributed by atoms with van der Waals surface area (Å²) in [6, 6.07) is 24.3. The third-order valence-corrected chi connectivity index (χ3v) is 7.53. The minimum Gasteiger partial charge on any atom is -0.353 e. The molecule has 41 heavy (non-hydrogen) atoms. The van der Waals surface area contributed by atoms with Crippen molar-refractivity contribution in [2.75, 3.05) is 70.3 Å². The van der Waals surface area contributed by atoms with E-state index >= 15 is 0 Å². The molecule has 0 amide bonds. The van der Waals surface area contributed by atoms with Crippen LogP contribution in [0.3, 0.4) is 0 Å². The maximum Gasteiger partial charge on any atom is 0.453 e. The van der Waals surface area contributed by atoms with Crippen molar-refractivity contribution in [3.05, 3.63) is 89.7 Å². The molecule has 2 saturated heterocycles. The molecule has 2 fully saturated rings. The molecule has 0 saturated carbocycles. The summed E-state index contributed by atoms with van der Waals surface area (Å²) >= 11 is 0. The Morgan fingerprint density at radius 2 is 1.22 bits per heavy atom. The fraction of sp³-hybridized carbons (Fsp3) is 0.433. The van der Waals surface area contributed by atoms with E-state index < -0.39 is 12.0 Å². The summed E-state index contributed by atoms with van der Waals surface area (Å²) in [5.74, 6) is -0.587. The highest BCUT2D eigenvalue weighted by Gasteiger charge is 2.37. The first kappa shape index (κ1) is 29.0. The fourth-order valence-electron chi connectivity index (χ4n) is 5.12. The third-order valence-electron chi connectivity index (χ3n) is 7.53. The van der Waals surface area contributed by atoms with Gasteiger partial charge >= 0.3 is 6.18 Å². The van der Waals surface area contributed by atoms with Crippen LogP contribution in [0.1, 0.15) is 17.0 Å². The molecule has 11 heteroatoms. The van der Waals surface area contributed by atoms with Gasteiger partial charge in [0.2, 0.25) is 0 Å². The largest absolute Gasteiger partial charge is 0.453 e. The van der Waals surface area contributed by atoms with Crippen molar-refractivity contribution in [2.24, 2.45) is 0 Å². The molecule has 1 N–H and O–H groups in total. The van der Waals surface area contributed by atoms with Crippen LogP contribution in [0, 0.1) is 0 Å². The highest BCUT2D eigenvalue weighted by Crippen LogP contribution is 2.28. The zero-order chi connectivity index (χ0) is 28.5. The second-order valence-corrected chi connectivity index (χ2v) is 10.4. The Balaban J connectivity index is 0.000000202. The topological polar surface area (TPSA) is 64.8 Å². The van der Waals surface area contributed by atoms with Crippen LogP contribution in [-0.2, 0) is 19.0 Å². The van der Waals surface area contributed by atoms with E-state index in [1.165, 1.54) is 43.2 Å². The van der Waals surface area contributed by atoms with E-state index in [1.54, 1.807) is 6.07 Å². The molecule has 8 nitrogen and oxygen atoms in total. The lowest BCUT2D eigenvalue weighted by atomic mass is 10.1. The summed E-state index contributed by atoms with van der Waals surface area (Å²) in [7, 11) is 0. The van der Waals surface area contributed by atoms with Gasteiger partial charge < -0.3 is 15.1 Å². The Kier molecular flexibility index (Phi) is 9.81. The molecule has 2 aromatic heterocycles. The van der Waals surface area contributed by atoms with E-state index in [1.807, 2.05) is 23.1 Å². The highest BCUT2D eigenvalue weighted by molar-refractivity contribution is 5.46. The van der Waals surface area contributed by atoms with E-state index in [9.17, 15) is 13.2 Å². The molecule has 4 heterocycles. The molecule has 0 spiro atoms. The Morgan fingerprint density at radius 3 is 1.78 bits per heavy atom. The lowest BCUT2D eigenvalue weighted by Crippen LogP contribution is -2.47. The number of aromatic nitrogens is 4. The number of hydrogen-bond donors (Lipinski definition) is 1. The first-order chi connectivity index (χ1) is 20.0. The summed E-state index contributed by atoms with van der Waals surface area (Å²) in [6.07, 6.45) is -2.41. The molecular weight excluding hydrogens is 529 g/mol. The molecule has 0 bridgehead atoms. The molecule has 0 radical (unpaired) electrons. The standard InChI is InChI=1S/C18H19F3N6.C12H18N2/c19-18(20,21)17-23-22-15-6-7-16(24-27(15)17)26-12-10-25(11-13-26)9-8-14-4-2-1-3-5-14;1-2-4-12(5-3-1)6-9-14-10-7-13-8-11-14/h1-7H,8-13H2;1-5,13H,6-11H2. The normalized spacial score (nSPS) is 16.9. The van der Waals surface area contributed by atoms with Gasteiger partial charge in [-0.2, -0.15) is 17.7 Å². The van der Waals surface area contributed by atoms with Gasteiger partial charge in [0.05, 0.1) is 0 Å². The van der Waals surface area contributed by atoms with Crippen LogP contribution in [0.25, 0.3) is 5.65 Å². The number of anilines is 1. The van der Waals surface area contributed by atoms with Crippen LogP contribution in [0.2, 0.25) is 0 Å². The molecule has 0 aliphatic carbocycles. The van der Waals surface area contributed by atoms with Gasteiger partial charge in [-0.1, -0.05) is 60.7 Å². The van der Waals surface area contributed by atoms with Crippen LogP contribution in [-0.4, -0.2) is 95.1 Å². The molecule has 4 aromatic rings. The first-order valence-electron chi connectivity index (χ1n) is 14.2. The van der Waals surface area contributed by atoms with Gasteiger partial charge in [-0.3, -0.25) is 4.90 Å². The molecular formula is C30H37F3N8. The van der Waals surface area contributed by atoms with Gasteiger partial charge in [-0.05, 0) is 36.1 Å². The van der Waals surface area contributed by atoms with Crippen molar-refractivity contribution in [3.8, 4) is 0 Å². The summed E-state index contributed by atoms with van der Waals surface area (Å²) in [5.41, 5.74) is 2.85. The van der Waals surface area contributed by atoms with Crippen molar-refractivity contribution in [2.45, 2.75) is 19.0 Å². The molecule has 0 unspecified atom stereocenters. The smallest absolute Gasteiger partial charge is 0.353 e. The number of piperazine rings is 2. The Labute approximate surface area is 238 Å². The fourth-order valence-corrected chi connectivity index (χ4v) is 5.12. The molecule has 2 aliphatic rings. The maximum atomic E-state index is 13.0.